The molecule has 1 aliphatic heterocycles. The topological polar surface area (TPSA) is 79.1 Å². The highest BCUT2D eigenvalue weighted by Crippen LogP contribution is 2.31. The van der Waals surface area contributed by atoms with E-state index in [2.05, 4.69) is 4.99 Å². The van der Waals surface area contributed by atoms with Crippen LogP contribution >= 0.6 is 11.3 Å². The van der Waals surface area contributed by atoms with Crippen LogP contribution in [0.2, 0.25) is 0 Å². The van der Waals surface area contributed by atoms with Gasteiger partial charge in [0.05, 0.1) is 42.2 Å². The molecule has 2 aromatic carbocycles. The Bertz CT molecular complexity index is 1420. The number of carbonyl (C=O) groups excluding carboxylic acids is 1. The standard InChI is InChI=1S/C26H26N2O5S/c1-5-32-19-12-10-18(11-13-19)23-22(25(30)33-6-2)16(3)27-26-28(23)24(29)21(34-26)15-17-8-7-9-20(14-17)31-4/h7-15,23H,5-6H2,1-4H3/b21-15+/t23-/m0/s1. The molecule has 0 fully saturated rings. The van der Waals surface area contributed by atoms with Crippen LogP contribution < -0.4 is 24.4 Å². The van der Waals surface area contributed by atoms with Crippen LogP contribution in [0.5, 0.6) is 11.5 Å². The van der Waals surface area contributed by atoms with E-state index >= 15 is 0 Å². The second kappa shape index (κ2) is 10.1. The minimum atomic E-state index is -0.654. The van der Waals surface area contributed by atoms with Gasteiger partial charge >= 0.3 is 5.97 Å². The van der Waals surface area contributed by atoms with Gasteiger partial charge in [0, 0.05) is 0 Å². The number of benzene rings is 2. The van der Waals surface area contributed by atoms with Crippen LogP contribution in [-0.4, -0.2) is 30.9 Å². The van der Waals surface area contributed by atoms with Gasteiger partial charge in [0.15, 0.2) is 4.80 Å². The number of carbonyl (C=O) groups is 1. The Kier molecular flexibility index (Phi) is 6.98. The summed E-state index contributed by atoms with van der Waals surface area (Å²) in [4.78, 5) is 31.7. The molecule has 1 atom stereocenters. The zero-order valence-electron chi connectivity index (χ0n) is 19.5. The quantitative estimate of drug-likeness (QED) is 0.488. The minimum Gasteiger partial charge on any atom is -0.497 e. The maximum atomic E-state index is 13.6. The smallest absolute Gasteiger partial charge is 0.338 e. The summed E-state index contributed by atoms with van der Waals surface area (Å²) >= 11 is 1.29. The lowest BCUT2D eigenvalue weighted by Gasteiger charge is -2.24. The summed E-state index contributed by atoms with van der Waals surface area (Å²) in [6.07, 6.45) is 1.81. The molecule has 3 aromatic rings. The van der Waals surface area contributed by atoms with Crippen molar-refractivity contribution in [2.45, 2.75) is 26.8 Å². The Hall–Kier alpha value is -3.65. The average Bonchev–Trinajstić information content (AvgIpc) is 3.13. The van der Waals surface area contributed by atoms with E-state index in [1.165, 1.54) is 11.3 Å². The molecule has 4 rings (SSSR count). The van der Waals surface area contributed by atoms with Gasteiger partial charge in [-0.25, -0.2) is 9.79 Å². The Labute approximate surface area is 201 Å². The molecule has 0 spiro atoms. The number of allylic oxidation sites excluding steroid dienone is 1. The van der Waals surface area contributed by atoms with Gasteiger partial charge in [-0.15, -0.1) is 0 Å². The SMILES string of the molecule is CCOC(=O)C1=C(C)N=c2s/c(=C/c3cccc(OC)c3)c(=O)n2[C@H]1c1ccc(OCC)cc1. The van der Waals surface area contributed by atoms with Crippen LogP contribution in [0, 0.1) is 0 Å². The van der Waals surface area contributed by atoms with E-state index in [4.69, 9.17) is 14.2 Å². The summed E-state index contributed by atoms with van der Waals surface area (Å²) in [5, 5.41) is 0. The van der Waals surface area contributed by atoms with E-state index in [-0.39, 0.29) is 12.2 Å². The molecule has 7 nitrogen and oxygen atoms in total. The summed E-state index contributed by atoms with van der Waals surface area (Å²) in [5.41, 5.74) is 2.27. The van der Waals surface area contributed by atoms with Crippen LogP contribution in [0.1, 0.15) is 37.9 Å². The van der Waals surface area contributed by atoms with Crippen molar-refractivity contribution in [3.63, 3.8) is 0 Å². The van der Waals surface area contributed by atoms with Crippen molar-refractivity contribution < 1.29 is 19.0 Å². The fourth-order valence-corrected chi connectivity index (χ4v) is 4.95. The molecule has 0 N–H and O–H groups in total. The Morgan fingerprint density at radius 3 is 2.56 bits per heavy atom. The van der Waals surface area contributed by atoms with Crippen LogP contribution in [0.3, 0.4) is 0 Å². The fourth-order valence-electron chi connectivity index (χ4n) is 3.90. The summed E-state index contributed by atoms with van der Waals surface area (Å²) in [7, 11) is 1.60. The molecule has 176 valence electrons. The van der Waals surface area contributed by atoms with Gasteiger partial charge in [0.1, 0.15) is 11.5 Å². The average molecular weight is 479 g/mol. The van der Waals surface area contributed by atoms with Gasteiger partial charge in [0.2, 0.25) is 0 Å². The first-order valence-electron chi connectivity index (χ1n) is 11.0. The molecule has 34 heavy (non-hydrogen) atoms. The van der Waals surface area contributed by atoms with Gasteiger partial charge in [-0.3, -0.25) is 9.36 Å². The zero-order valence-corrected chi connectivity index (χ0v) is 20.3. The maximum absolute atomic E-state index is 13.6. The van der Waals surface area contributed by atoms with E-state index in [9.17, 15) is 9.59 Å². The molecule has 8 heteroatoms. The van der Waals surface area contributed by atoms with Gasteiger partial charge in [-0.05, 0) is 62.2 Å². The molecule has 0 bridgehead atoms. The number of rotatable bonds is 7. The number of fused-ring (bicyclic) bond motifs is 1. The van der Waals surface area contributed by atoms with Gasteiger partial charge in [-0.2, -0.15) is 0 Å². The van der Waals surface area contributed by atoms with E-state index in [0.717, 1.165) is 16.9 Å². The molecular weight excluding hydrogens is 452 g/mol. The van der Waals surface area contributed by atoms with E-state index in [1.807, 2.05) is 61.5 Å². The van der Waals surface area contributed by atoms with Gasteiger partial charge in [-0.1, -0.05) is 35.6 Å². The molecule has 1 aliphatic rings. The number of aromatic nitrogens is 1. The first kappa shape index (κ1) is 23.5. The predicted molar refractivity (Wildman–Crippen MR) is 131 cm³/mol. The van der Waals surface area contributed by atoms with Crippen molar-refractivity contribution in [3.05, 3.63) is 90.6 Å². The molecule has 0 aliphatic carbocycles. The van der Waals surface area contributed by atoms with Crippen LogP contribution in [0.4, 0.5) is 0 Å². The number of thiazole rings is 1. The second-order valence-corrected chi connectivity index (χ2v) is 8.59. The first-order valence-corrected chi connectivity index (χ1v) is 11.8. The second-order valence-electron chi connectivity index (χ2n) is 7.58. The summed E-state index contributed by atoms with van der Waals surface area (Å²) in [6, 6.07) is 14.2. The van der Waals surface area contributed by atoms with Gasteiger partial charge in [0.25, 0.3) is 5.56 Å². The van der Waals surface area contributed by atoms with Crippen molar-refractivity contribution in [1.82, 2.24) is 4.57 Å². The first-order chi connectivity index (χ1) is 16.5. The van der Waals surface area contributed by atoms with Crippen molar-refractivity contribution in [1.29, 1.82) is 0 Å². The molecule has 2 heterocycles. The number of ether oxygens (including phenoxy) is 3. The predicted octanol–water partition coefficient (Wildman–Crippen LogP) is 3.21. The maximum Gasteiger partial charge on any atom is 0.338 e. The lowest BCUT2D eigenvalue weighted by Crippen LogP contribution is -2.39. The molecular formula is C26H26N2O5S. The highest BCUT2D eigenvalue weighted by molar-refractivity contribution is 7.07. The molecule has 0 saturated heterocycles. The molecule has 0 saturated carbocycles. The molecule has 1 aromatic heterocycles. The highest BCUT2D eigenvalue weighted by Gasteiger charge is 2.33. The lowest BCUT2D eigenvalue weighted by atomic mass is 9.96. The Morgan fingerprint density at radius 2 is 1.88 bits per heavy atom. The largest absolute Gasteiger partial charge is 0.497 e. The van der Waals surface area contributed by atoms with Crippen molar-refractivity contribution in [2.75, 3.05) is 20.3 Å². The van der Waals surface area contributed by atoms with Crippen LogP contribution in [0.25, 0.3) is 6.08 Å². The molecule has 0 unspecified atom stereocenters. The van der Waals surface area contributed by atoms with Gasteiger partial charge < -0.3 is 14.2 Å². The number of nitrogens with zero attached hydrogens (tertiary/aromatic N) is 2. The van der Waals surface area contributed by atoms with Crippen molar-refractivity contribution >= 4 is 23.4 Å². The van der Waals surface area contributed by atoms with E-state index in [0.29, 0.717) is 33.0 Å². The van der Waals surface area contributed by atoms with Crippen molar-refractivity contribution in [3.8, 4) is 11.5 Å². The normalized spacial score (nSPS) is 15.5. The number of methoxy groups -OCH3 is 1. The number of hydrogen-bond donors (Lipinski definition) is 0. The molecule has 0 amide bonds. The number of esters is 1. The monoisotopic (exact) mass is 478 g/mol. The Morgan fingerprint density at radius 1 is 1.12 bits per heavy atom. The van der Waals surface area contributed by atoms with Crippen molar-refractivity contribution in [2.24, 2.45) is 4.99 Å². The fraction of sp³-hybridized carbons (Fsp3) is 0.269. The third-order valence-corrected chi connectivity index (χ3v) is 6.40. The van der Waals surface area contributed by atoms with E-state index < -0.39 is 12.0 Å². The minimum absolute atomic E-state index is 0.222. The van der Waals surface area contributed by atoms with E-state index in [1.54, 1.807) is 25.5 Å². The summed E-state index contributed by atoms with van der Waals surface area (Å²) in [6.45, 7) is 6.22. The molecule has 0 radical (unpaired) electrons. The Balaban J connectivity index is 1.90. The number of hydrogen-bond acceptors (Lipinski definition) is 7. The van der Waals surface area contributed by atoms with Crippen LogP contribution in [0.15, 0.2) is 69.6 Å². The third kappa shape index (κ3) is 4.54. The third-order valence-electron chi connectivity index (χ3n) is 5.42. The highest BCUT2D eigenvalue weighted by atomic mass is 32.1. The zero-order chi connectivity index (χ0) is 24.2. The summed E-state index contributed by atoms with van der Waals surface area (Å²) in [5.74, 6) is 0.939. The summed E-state index contributed by atoms with van der Waals surface area (Å²) < 4.78 is 18.3. The lowest BCUT2D eigenvalue weighted by molar-refractivity contribution is -0.139. The van der Waals surface area contributed by atoms with Crippen LogP contribution in [-0.2, 0) is 9.53 Å².